The number of hydrogen-bond donors (Lipinski definition) is 2. The van der Waals surface area contributed by atoms with Gasteiger partial charge in [0.2, 0.25) is 0 Å². The van der Waals surface area contributed by atoms with E-state index < -0.39 is 24.2 Å². The Kier molecular flexibility index (Phi) is 4.96. The van der Waals surface area contributed by atoms with Crippen molar-refractivity contribution < 1.29 is 22.4 Å². The Morgan fingerprint density at radius 2 is 2.25 bits per heavy atom. The molecule has 4 rings (SSSR count). The predicted molar refractivity (Wildman–Crippen MR) is 100 cm³/mol. The molecule has 1 aliphatic heterocycles. The van der Waals surface area contributed by atoms with Crippen LogP contribution in [0.15, 0.2) is 44.8 Å². The normalized spacial score (nSPS) is 19.1. The first-order valence-corrected chi connectivity index (χ1v) is 9.97. The lowest BCUT2D eigenvalue weighted by molar-refractivity contribution is -0.173. The molecule has 6 nitrogen and oxygen atoms in total. The molecule has 4 heterocycles. The third-order valence-corrected chi connectivity index (χ3v) is 6.14. The van der Waals surface area contributed by atoms with Crippen molar-refractivity contribution >= 4 is 39.0 Å². The van der Waals surface area contributed by atoms with Crippen LogP contribution in [0.4, 0.5) is 19.0 Å². The predicted octanol–water partition coefficient (Wildman–Crippen LogP) is 4.89. The minimum absolute atomic E-state index is 0.106. The Balaban J connectivity index is 1.65. The van der Waals surface area contributed by atoms with Crippen molar-refractivity contribution in [3.63, 3.8) is 0 Å². The summed E-state index contributed by atoms with van der Waals surface area (Å²) in [6, 6.07) is 4.58. The second kappa shape index (κ2) is 7.28. The molecule has 0 aliphatic carbocycles. The number of thiophene rings is 1. The highest BCUT2D eigenvalue weighted by Gasteiger charge is 2.47. The number of nitrogens with zero attached hydrogens (tertiary/aromatic N) is 2. The summed E-state index contributed by atoms with van der Waals surface area (Å²) < 4.78 is 47.3. The molecule has 3 aromatic rings. The molecular weight excluding hydrogens is 461 g/mol. The summed E-state index contributed by atoms with van der Waals surface area (Å²) in [7, 11) is 0. The standard InChI is InChI=1S/C17H14BrF3N4O2S/c18-13-14(16(26)22-8-9-3-1-5-27-9)24-25-12(17(19,20)21)7-10(23-15(13)25)11-4-2-6-28-11/h1-6,10,12,23H,7-8H2,(H,22,26)/t10-,12-/m0/s1. The molecular formula is C17H14BrF3N4O2S. The highest BCUT2D eigenvalue weighted by atomic mass is 79.9. The Morgan fingerprint density at radius 1 is 1.43 bits per heavy atom. The van der Waals surface area contributed by atoms with Crippen molar-refractivity contribution in [1.29, 1.82) is 0 Å². The number of hydrogen-bond acceptors (Lipinski definition) is 5. The maximum Gasteiger partial charge on any atom is 0.410 e. The molecule has 1 aliphatic rings. The van der Waals surface area contributed by atoms with Gasteiger partial charge in [0, 0.05) is 11.3 Å². The Morgan fingerprint density at radius 3 is 2.89 bits per heavy atom. The van der Waals surface area contributed by atoms with Crippen LogP contribution in [0.5, 0.6) is 0 Å². The first-order valence-electron chi connectivity index (χ1n) is 8.30. The lowest BCUT2D eigenvalue weighted by Crippen LogP contribution is -2.35. The van der Waals surface area contributed by atoms with Crippen LogP contribution < -0.4 is 10.6 Å². The van der Waals surface area contributed by atoms with E-state index in [-0.39, 0.29) is 29.0 Å². The second-order valence-electron chi connectivity index (χ2n) is 6.22. The van der Waals surface area contributed by atoms with Crippen molar-refractivity contribution in [3.05, 3.63) is 56.7 Å². The molecule has 0 saturated carbocycles. The molecule has 0 unspecified atom stereocenters. The fraction of sp³-hybridized carbons (Fsp3) is 0.294. The molecule has 0 bridgehead atoms. The first kappa shape index (κ1) is 19.1. The van der Waals surface area contributed by atoms with E-state index >= 15 is 0 Å². The minimum Gasteiger partial charge on any atom is -0.467 e. The van der Waals surface area contributed by atoms with E-state index in [1.165, 1.54) is 17.6 Å². The maximum absolute atomic E-state index is 13.7. The van der Waals surface area contributed by atoms with E-state index in [4.69, 9.17) is 4.42 Å². The smallest absolute Gasteiger partial charge is 0.410 e. The van der Waals surface area contributed by atoms with E-state index in [9.17, 15) is 18.0 Å². The molecule has 0 aromatic carbocycles. The first-order chi connectivity index (χ1) is 13.3. The van der Waals surface area contributed by atoms with Gasteiger partial charge in [-0.05, 0) is 39.5 Å². The van der Waals surface area contributed by atoms with Crippen LogP contribution in [0.1, 0.15) is 39.6 Å². The van der Waals surface area contributed by atoms with Gasteiger partial charge in [-0.2, -0.15) is 18.3 Å². The van der Waals surface area contributed by atoms with Gasteiger partial charge in [0.25, 0.3) is 5.91 Å². The number of anilines is 1. The van der Waals surface area contributed by atoms with Crippen LogP contribution in [-0.4, -0.2) is 21.9 Å². The molecule has 148 valence electrons. The summed E-state index contributed by atoms with van der Waals surface area (Å²) in [5.41, 5.74) is -0.116. The molecule has 1 amide bonds. The number of furan rings is 1. The van der Waals surface area contributed by atoms with Crippen molar-refractivity contribution in [2.24, 2.45) is 0 Å². The third-order valence-electron chi connectivity index (χ3n) is 4.40. The summed E-state index contributed by atoms with van der Waals surface area (Å²) in [4.78, 5) is 13.3. The van der Waals surface area contributed by atoms with Crippen LogP contribution in [0.3, 0.4) is 0 Å². The monoisotopic (exact) mass is 474 g/mol. The van der Waals surface area contributed by atoms with E-state index in [2.05, 4.69) is 31.7 Å². The lowest BCUT2D eigenvalue weighted by Gasteiger charge is -2.33. The number of carbonyl (C=O) groups is 1. The summed E-state index contributed by atoms with van der Waals surface area (Å²) in [6.45, 7) is 0.106. The van der Waals surface area contributed by atoms with Gasteiger partial charge in [-0.25, -0.2) is 4.68 Å². The van der Waals surface area contributed by atoms with Gasteiger partial charge in [0.15, 0.2) is 11.7 Å². The van der Waals surface area contributed by atoms with Gasteiger partial charge in [-0.3, -0.25) is 4.79 Å². The van der Waals surface area contributed by atoms with Crippen LogP contribution in [0.25, 0.3) is 0 Å². The highest BCUT2D eigenvalue weighted by molar-refractivity contribution is 9.10. The molecule has 0 fully saturated rings. The van der Waals surface area contributed by atoms with Gasteiger partial charge in [0.05, 0.1) is 23.3 Å². The number of halogens is 4. The average molecular weight is 475 g/mol. The average Bonchev–Trinajstić information content (AvgIpc) is 3.40. The maximum atomic E-state index is 13.7. The fourth-order valence-corrected chi connectivity index (χ4v) is 4.42. The molecule has 28 heavy (non-hydrogen) atoms. The van der Waals surface area contributed by atoms with Crippen molar-refractivity contribution in [2.75, 3.05) is 5.32 Å². The number of alkyl halides is 3. The summed E-state index contributed by atoms with van der Waals surface area (Å²) in [6.07, 6.45) is -3.24. The van der Waals surface area contributed by atoms with E-state index in [1.54, 1.807) is 24.3 Å². The molecule has 0 saturated heterocycles. The van der Waals surface area contributed by atoms with E-state index in [0.717, 1.165) is 9.56 Å². The SMILES string of the molecule is O=C(NCc1ccco1)c1nn2c(c1Br)N[C@H](c1cccs1)C[C@H]2C(F)(F)F. The zero-order valence-corrected chi connectivity index (χ0v) is 16.6. The van der Waals surface area contributed by atoms with Crippen molar-refractivity contribution in [3.8, 4) is 0 Å². The van der Waals surface area contributed by atoms with Gasteiger partial charge < -0.3 is 15.1 Å². The van der Waals surface area contributed by atoms with Crippen LogP contribution in [0.2, 0.25) is 0 Å². The largest absolute Gasteiger partial charge is 0.467 e. The molecule has 2 atom stereocenters. The second-order valence-corrected chi connectivity index (χ2v) is 8.00. The molecule has 3 aromatic heterocycles. The number of nitrogens with one attached hydrogen (secondary N) is 2. The highest BCUT2D eigenvalue weighted by Crippen LogP contribution is 2.46. The Bertz CT molecular complexity index is 970. The van der Waals surface area contributed by atoms with Crippen LogP contribution in [-0.2, 0) is 6.54 Å². The number of aromatic nitrogens is 2. The fourth-order valence-electron chi connectivity index (χ4n) is 3.07. The molecule has 0 radical (unpaired) electrons. The quantitative estimate of drug-likeness (QED) is 0.564. The number of amides is 1. The van der Waals surface area contributed by atoms with Gasteiger partial charge >= 0.3 is 6.18 Å². The van der Waals surface area contributed by atoms with Crippen molar-refractivity contribution in [2.45, 2.75) is 31.2 Å². The zero-order valence-electron chi connectivity index (χ0n) is 14.2. The van der Waals surface area contributed by atoms with Gasteiger partial charge in [-0.15, -0.1) is 11.3 Å². The molecule has 0 spiro atoms. The summed E-state index contributed by atoms with van der Waals surface area (Å²) in [5, 5.41) is 11.5. The number of rotatable bonds is 4. The number of carbonyl (C=O) groups excluding carboxylic acids is 1. The molecule has 11 heteroatoms. The topological polar surface area (TPSA) is 72.1 Å². The minimum atomic E-state index is -4.50. The zero-order chi connectivity index (χ0) is 19.9. The van der Waals surface area contributed by atoms with E-state index in [1.807, 2.05) is 5.38 Å². The Hall–Kier alpha value is -2.27. The van der Waals surface area contributed by atoms with Gasteiger partial charge in [-0.1, -0.05) is 6.07 Å². The van der Waals surface area contributed by atoms with Crippen LogP contribution in [0, 0.1) is 0 Å². The van der Waals surface area contributed by atoms with Crippen LogP contribution >= 0.6 is 27.3 Å². The van der Waals surface area contributed by atoms with E-state index in [0.29, 0.717) is 5.76 Å². The van der Waals surface area contributed by atoms with Gasteiger partial charge in [0.1, 0.15) is 11.6 Å². The molecule has 2 N–H and O–H groups in total. The Labute approximate surface area is 169 Å². The third kappa shape index (κ3) is 3.55. The lowest BCUT2D eigenvalue weighted by atomic mass is 10.0. The summed E-state index contributed by atoms with van der Waals surface area (Å²) >= 11 is 4.63. The number of fused-ring (bicyclic) bond motifs is 1. The summed E-state index contributed by atoms with van der Waals surface area (Å²) in [5.74, 6) is 0.0631. The van der Waals surface area contributed by atoms with Crippen molar-refractivity contribution in [1.82, 2.24) is 15.1 Å².